The van der Waals surface area contributed by atoms with Crippen molar-refractivity contribution in [1.82, 2.24) is 10.3 Å². The van der Waals surface area contributed by atoms with E-state index in [9.17, 15) is 22.6 Å². The van der Waals surface area contributed by atoms with Crippen molar-refractivity contribution in [3.63, 3.8) is 0 Å². The van der Waals surface area contributed by atoms with E-state index in [4.69, 9.17) is 5.11 Å². The van der Waals surface area contributed by atoms with Crippen LogP contribution in [0.2, 0.25) is 0 Å². The molecule has 0 spiro atoms. The Hall–Kier alpha value is -2.70. The zero-order chi connectivity index (χ0) is 17.9. The van der Waals surface area contributed by atoms with Crippen molar-refractivity contribution in [3.8, 4) is 0 Å². The lowest BCUT2D eigenvalue weighted by Gasteiger charge is -2.18. The number of nitrogens with one attached hydrogen (secondary N) is 2. The Morgan fingerprint density at radius 3 is 2.33 bits per heavy atom. The van der Waals surface area contributed by atoms with Gasteiger partial charge in [0.15, 0.2) is 5.69 Å². The van der Waals surface area contributed by atoms with Crippen LogP contribution >= 0.6 is 11.3 Å². The predicted octanol–water partition coefficient (Wildman–Crippen LogP) is 1.53. The van der Waals surface area contributed by atoms with Gasteiger partial charge in [-0.05, 0) is 24.3 Å². The average Bonchev–Trinajstić information content (AvgIpc) is 2.97. The minimum atomic E-state index is -4.74. The fraction of sp³-hybridized carbons (Fsp3) is 0.0833. The summed E-state index contributed by atoms with van der Waals surface area (Å²) in [4.78, 5) is 25.7. The van der Waals surface area contributed by atoms with E-state index in [-0.39, 0.29) is 16.5 Å². The van der Waals surface area contributed by atoms with E-state index in [1.165, 1.54) is 31.3 Å². The fourth-order valence-corrected chi connectivity index (χ4v) is 3.43. The highest BCUT2D eigenvalue weighted by Gasteiger charge is 2.26. The van der Waals surface area contributed by atoms with Crippen molar-refractivity contribution in [3.05, 3.63) is 35.3 Å². The van der Waals surface area contributed by atoms with Crippen LogP contribution in [0.4, 0.5) is 21.3 Å². The quantitative estimate of drug-likeness (QED) is 0.581. The smallest absolute Gasteiger partial charge is 0.366 e. The molecule has 0 saturated carbocycles. The van der Waals surface area contributed by atoms with Gasteiger partial charge in [0.1, 0.15) is 0 Å². The lowest BCUT2D eigenvalue weighted by molar-refractivity contribution is 0.0691. The number of rotatable bonds is 5. The molecule has 0 fully saturated rings. The number of aromatic nitrogens is 1. The van der Waals surface area contributed by atoms with E-state index in [1.54, 1.807) is 0 Å². The molecule has 1 heterocycles. The summed E-state index contributed by atoms with van der Waals surface area (Å²) in [6, 6.07) is 5.01. The van der Waals surface area contributed by atoms with Crippen molar-refractivity contribution in [2.75, 3.05) is 16.7 Å². The molecular weight excluding hydrogens is 360 g/mol. The summed E-state index contributed by atoms with van der Waals surface area (Å²) >= 11 is 0.741. The Bertz CT molecular complexity index is 862. The van der Waals surface area contributed by atoms with Gasteiger partial charge in [0.2, 0.25) is 5.13 Å². The summed E-state index contributed by atoms with van der Waals surface area (Å²) in [5.74, 6) is -1.32. The number of thiazole rings is 1. The Labute approximate surface area is 140 Å². The summed E-state index contributed by atoms with van der Waals surface area (Å²) in [7, 11) is -3.30. The summed E-state index contributed by atoms with van der Waals surface area (Å²) in [5.41, 5.74) is 0.0616. The number of benzene rings is 1. The van der Waals surface area contributed by atoms with E-state index in [0.717, 1.165) is 16.7 Å². The minimum Gasteiger partial charge on any atom is -0.476 e. The van der Waals surface area contributed by atoms with Crippen LogP contribution in [0.25, 0.3) is 0 Å². The number of carbonyl (C=O) groups is 2. The standard InChI is InChI=1S/C12H12N4O6S2/c1-13-11(19)14-7-2-4-8(5-3-7)16(24(20,21)22)12-15-9(6-23-12)10(17)18/h2-6H,1H3,(H,17,18)(H2,13,14,19)(H,20,21,22). The topological polar surface area (TPSA) is 149 Å². The third-order valence-electron chi connectivity index (χ3n) is 2.70. The molecule has 12 heteroatoms. The Kier molecular flexibility index (Phi) is 5.02. The number of hydrogen-bond donors (Lipinski definition) is 4. The van der Waals surface area contributed by atoms with E-state index in [0.29, 0.717) is 9.99 Å². The fourth-order valence-electron chi connectivity index (χ4n) is 1.67. The number of hydrogen-bond acceptors (Lipinski definition) is 6. The molecule has 2 amide bonds. The van der Waals surface area contributed by atoms with E-state index in [2.05, 4.69) is 15.6 Å². The summed E-state index contributed by atoms with van der Waals surface area (Å²) in [6.45, 7) is 0. The number of anilines is 3. The van der Waals surface area contributed by atoms with Crippen molar-refractivity contribution >= 4 is 50.1 Å². The second-order valence-corrected chi connectivity index (χ2v) is 6.41. The van der Waals surface area contributed by atoms with Gasteiger partial charge >= 0.3 is 22.3 Å². The Morgan fingerprint density at radius 1 is 1.25 bits per heavy atom. The molecule has 0 atom stereocenters. The number of carboxylic acid groups (broad SMARTS) is 1. The largest absolute Gasteiger partial charge is 0.476 e. The highest BCUT2D eigenvalue weighted by atomic mass is 32.2. The van der Waals surface area contributed by atoms with E-state index in [1.807, 2.05) is 0 Å². The molecular formula is C12H12N4O6S2. The third kappa shape index (κ3) is 3.98. The van der Waals surface area contributed by atoms with Crippen molar-refractivity contribution < 1.29 is 27.7 Å². The van der Waals surface area contributed by atoms with Gasteiger partial charge < -0.3 is 15.7 Å². The van der Waals surface area contributed by atoms with Crippen molar-refractivity contribution in [1.29, 1.82) is 0 Å². The normalized spacial score (nSPS) is 10.9. The molecule has 0 aliphatic rings. The second-order valence-electron chi connectivity index (χ2n) is 4.31. The third-order valence-corrected chi connectivity index (χ3v) is 4.49. The molecule has 0 aliphatic carbocycles. The predicted molar refractivity (Wildman–Crippen MR) is 87.3 cm³/mol. The van der Waals surface area contributed by atoms with Gasteiger partial charge in [-0.2, -0.15) is 12.7 Å². The molecule has 0 radical (unpaired) electrons. The van der Waals surface area contributed by atoms with Gasteiger partial charge in [0.25, 0.3) is 0 Å². The number of amides is 2. The maximum Gasteiger partial charge on any atom is 0.366 e. The van der Waals surface area contributed by atoms with Crippen LogP contribution in [0.1, 0.15) is 10.5 Å². The maximum absolute atomic E-state index is 11.6. The molecule has 24 heavy (non-hydrogen) atoms. The van der Waals surface area contributed by atoms with Gasteiger partial charge in [-0.15, -0.1) is 11.3 Å². The lowest BCUT2D eigenvalue weighted by atomic mass is 10.3. The molecule has 128 valence electrons. The first kappa shape index (κ1) is 17.7. The van der Waals surface area contributed by atoms with E-state index >= 15 is 0 Å². The minimum absolute atomic E-state index is 0.0197. The van der Waals surface area contributed by atoms with Crippen LogP contribution in [-0.4, -0.2) is 42.1 Å². The zero-order valence-electron chi connectivity index (χ0n) is 12.1. The van der Waals surface area contributed by atoms with Gasteiger partial charge in [-0.1, -0.05) is 0 Å². The molecule has 0 aliphatic heterocycles. The van der Waals surface area contributed by atoms with Crippen LogP contribution in [-0.2, 0) is 10.3 Å². The van der Waals surface area contributed by atoms with Crippen LogP contribution in [0.15, 0.2) is 29.6 Å². The van der Waals surface area contributed by atoms with Crippen molar-refractivity contribution in [2.45, 2.75) is 0 Å². The number of carboxylic acids is 1. The molecule has 0 unspecified atom stereocenters. The molecule has 10 nitrogen and oxygen atoms in total. The number of carbonyl (C=O) groups excluding carboxylic acids is 1. The number of urea groups is 1. The number of aromatic carboxylic acids is 1. The summed E-state index contributed by atoms with van der Waals surface area (Å²) < 4.78 is 33.2. The Balaban J connectivity index is 2.38. The monoisotopic (exact) mass is 372 g/mol. The van der Waals surface area contributed by atoms with Gasteiger partial charge in [-0.3, -0.25) is 4.55 Å². The summed E-state index contributed by atoms with van der Waals surface area (Å²) in [6.07, 6.45) is 0. The molecule has 0 bridgehead atoms. The van der Waals surface area contributed by atoms with Gasteiger partial charge in [-0.25, -0.2) is 14.6 Å². The van der Waals surface area contributed by atoms with Crippen molar-refractivity contribution in [2.24, 2.45) is 0 Å². The SMILES string of the molecule is CNC(=O)Nc1ccc(N(c2nc(C(=O)O)cs2)S(=O)(=O)O)cc1. The second kappa shape index (κ2) is 6.82. The highest BCUT2D eigenvalue weighted by Crippen LogP contribution is 2.31. The molecule has 2 rings (SSSR count). The first-order chi connectivity index (χ1) is 11.2. The average molecular weight is 372 g/mol. The Morgan fingerprint density at radius 2 is 1.88 bits per heavy atom. The van der Waals surface area contributed by atoms with Gasteiger partial charge in [0.05, 0.1) is 5.69 Å². The molecule has 1 aromatic heterocycles. The lowest BCUT2D eigenvalue weighted by Crippen LogP contribution is -2.26. The van der Waals surface area contributed by atoms with Crippen LogP contribution in [0, 0.1) is 0 Å². The molecule has 2 aromatic rings. The van der Waals surface area contributed by atoms with Crippen LogP contribution in [0.5, 0.6) is 0 Å². The molecule has 1 aromatic carbocycles. The van der Waals surface area contributed by atoms with Crippen LogP contribution in [0.3, 0.4) is 0 Å². The first-order valence-electron chi connectivity index (χ1n) is 6.27. The first-order valence-corrected chi connectivity index (χ1v) is 8.55. The van der Waals surface area contributed by atoms with Crippen LogP contribution < -0.4 is 14.9 Å². The van der Waals surface area contributed by atoms with Gasteiger partial charge in [0, 0.05) is 18.1 Å². The molecule has 4 N–H and O–H groups in total. The zero-order valence-corrected chi connectivity index (χ0v) is 13.8. The summed E-state index contributed by atoms with van der Waals surface area (Å²) in [5, 5.41) is 14.6. The maximum atomic E-state index is 11.6. The molecule has 0 saturated heterocycles. The highest BCUT2D eigenvalue weighted by molar-refractivity contribution is 7.87. The van der Waals surface area contributed by atoms with E-state index < -0.39 is 22.3 Å². The number of nitrogens with zero attached hydrogens (tertiary/aromatic N) is 2.